The fourth-order valence-electron chi connectivity index (χ4n) is 1.48. The predicted molar refractivity (Wildman–Crippen MR) is 66.0 cm³/mol. The summed E-state index contributed by atoms with van der Waals surface area (Å²) in [6, 6.07) is 2.55. The van der Waals surface area contributed by atoms with Crippen LogP contribution in [0.4, 0.5) is 4.39 Å². The van der Waals surface area contributed by atoms with Gasteiger partial charge in [0.25, 0.3) is 0 Å². The van der Waals surface area contributed by atoms with Crippen LogP contribution >= 0.6 is 0 Å². The van der Waals surface area contributed by atoms with Crippen LogP contribution in [-0.2, 0) is 16.6 Å². The van der Waals surface area contributed by atoms with Crippen LogP contribution in [0.1, 0.15) is 16.2 Å². The molecule has 1 heterocycles. The van der Waals surface area contributed by atoms with E-state index < -0.39 is 27.4 Å². The molecule has 1 aromatic heterocycles. The van der Waals surface area contributed by atoms with Crippen molar-refractivity contribution in [3.63, 3.8) is 0 Å². The van der Waals surface area contributed by atoms with Crippen LogP contribution in [0.15, 0.2) is 35.5 Å². The predicted octanol–water partition coefficient (Wildman–Crippen LogP) is 0.725. The first-order chi connectivity index (χ1) is 9.40. The number of aromatic nitrogens is 2. The topological polar surface area (TPSA) is 112 Å². The summed E-state index contributed by atoms with van der Waals surface area (Å²) >= 11 is 0. The van der Waals surface area contributed by atoms with Crippen molar-refractivity contribution in [3.8, 4) is 0 Å². The minimum Gasteiger partial charge on any atom is -0.478 e. The third-order valence-electron chi connectivity index (χ3n) is 2.46. The molecule has 0 radical (unpaired) electrons. The fraction of sp³-hybridized carbons (Fsp3) is 0.0909. The molecule has 0 saturated heterocycles. The van der Waals surface area contributed by atoms with Crippen molar-refractivity contribution in [2.45, 2.75) is 11.4 Å². The maximum absolute atomic E-state index is 13.2. The van der Waals surface area contributed by atoms with E-state index in [-0.39, 0.29) is 11.4 Å². The Bertz CT molecular complexity index is 728. The summed E-state index contributed by atoms with van der Waals surface area (Å²) in [4.78, 5) is 17.0. The summed E-state index contributed by atoms with van der Waals surface area (Å²) in [6.07, 6.45) is 2.99. The van der Waals surface area contributed by atoms with Crippen LogP contribution in [0, 0.1) is 5.82 Å². The van der Waals surface area contributed by atoms with Gasteiger partial charge in [-0.2, -0.15) is 0 Å². The summed E-state index contributed by atoms with van der Waals surface area (Å²) in [7, 11) is -3.95. The van der Waals surface area contributed by atoms with Gasteiger partial charge >= 0.3 is 5.97 Å². The molecule has 2 rings (SSSR count). The Kier molecular flexibility index (Phi) is 3.81. The molecule has 7 nitrogen and oxygen atoms in total. The van der Waals surface area contributed by atoms with Crippen molar-refractivity contribution in [1.29, 1.82) is 0 Å². The van der Waals surface area contributed by atoms with Gasteiger partial charge in [-0.15, -0.1) is 0 Å². The third kappa shape index (κ3) is 3.00. The van der Waals surface area contributed by atoms with E-state index in [9.17, 15) is 17.6 Å². The highest BCUT2D eigenvalue weighted by molar-refractivity contribution is 7.89. The zero-order valence-electron chi connectivity index (χ0n) is 10.00. The van der Waals surface area contributed by atoms with Gasteiger partial charge in [0.15, 0.2) is 0 Å². The lowest BCUT2D eigenvalue weighted by Crippen LogP contribution is -2.24. The van der Waals surface area contributed by atoms with Gasteiger partial charge in [0, 0.05) is 12.4 Å². The van der Waals surface area contributed by atoms with E-state index in [0.29, 0.717) is 5.82 Å². The molecule has 0 saturated carbocycles. The van der Waals surface area contributed by atoms with Crippen LogP contribution < -0.4 is 4.72 Å². The van der Waals surface area contributed by atoms with Crippen LogP contribution in [0.5, 0.6) is 0 Å². The van der Waals surface area contributed by atoms with Crippen LogP contribution in [0.2, 0.25) is 0 Å². The molecule has 0 amide bonds. The monoisotopic (exact) mass is 299 g/mol. The summed E-state index contributed by atoms with van der Waals surface area (Å²) in [6.45, 7) is -0.0882. The number of halogens is 1. The second kappa shape index (κ2) is 5.39. The average molecular weight is 299 g/mol. The van der Waals surface area contributed by atoms with Crippen molar-refractivity contribution in [1.82, 2.24) is 14.7 Å². The molecule has 0 unspecified atom stereocenters. The van der Waals surface area contributed by atoms with Gasteiger partial charge in [0.2, 0.25) is 10.0 Å². The number of carbonyl (C=O) groups is 1. The molecule has 3 N–H and O–H groups in total. The molecular weight excluding hydrogens is 289 g/mol. The second-order valence-electron chi connectivity index (χ2n) is 3.81. The number of nitrogens with one attached hydrogen (secondary N) is 2. The standard InChI is InChI=1S/C11H10FN3O4S/c12-9-2-1-7(5-8(9)11(16)17)20(18,19)15-6-10-13-3-4-14-10/h1-5,15H,6H2,(H,13,14)(H,16,17). The summed E-state index contributed by atoms with van der Waals surface area (Å²) in [5.41, 5.74) is -0.703. The number of hydrogen-bond donors (Lipinski definition) is 3. The first kappa shape index (κ1) is 14.2. The van der Waals surface area contributed by atoms with E-state index >= 15 is 0 Å². The van der Waals surface area contributed by atoms with Crippen molar-refractivity contribution in [2.75, 3.05) is 0 Å². The lowest BCUT2D eigenvalue weighted by Gasteiger charge is -2.06. The molecule has 106 valence electrons. The van der Waals surface area contributed by atoms with Crippen LogP contribution in [0.3, 0.4) is 0 Å². The summed E-state index contributed by atoms with van der Waals surface area (Å²) < 4.78 is 39.3. The Labute approximate surface area is 113 Å². The number of benzene rings is 1. The highest BCUT2D eigenvalue weighted by Crippen LogP contribution is 2.15. The molecule has 20 heavy (non-hydrogen) atoms. The summed E-state index contributed by atoms with van der Waals surface area (Å²) in [5, 5.41) is 8.77. The average Bonchev–Trinajstić information content (AvgIpc) is 2.89. The number of aromatic carboxylic acids is 1. The molecule has 0 aliphatic rings. The molecule has 0 bridgehead atoms. The third-order valence-corrected chi connectivity index (χ3v) is 3.86. The lowest BCUT2D eigenvalue weighted by atomic mass is 10.2. The van der Waals surface area contributed by atoms with Crippen LogP contribution in [-0.4, -0.2) is 29.5 Å². The normalized spacial score (nSPS) is 11.4. The Morgan fingerprint density at radius 1 is 1.45 bits per heavy atom. The number of imidazole rings is 1. The SMILES string of the molecule is O=C(O)c1cc(S(=O)(=O)NCc2ncc[nH]2)ccc1F. The molecule has 0 aliphatic heterocycles. The number of carboxylic acid groups (broad SMARTS) is 1. The van der Waals surface area contributed by atoms with E-state index in [1.807, 2.05) is 0 Å². The number of aromatic amines is 1. The molecule has 0 fully saturated rings. The molecule has 9 heteroatoms. The number of sulfonamides is 1. The van der Waals surface area contributed by atoms with E-state index in [1.165, 1.54) is 12.4 Å². The number of hydrogen-bond acceptors (Lipinski definition) is 4. The molecule has 0 aliphatic carbocycles. The second-order valence-corrected chi connectivity index (χ2v) is 5.57. The molecular formula is C11H10FN3O4S. The van der Waals surface area contributed by atoms with Gasteiger partial charge in [0.1, 0.15) is 11.6 Å². The fourth-order valence-corrected chi connectivity index (χ4v) is 2.49. The Morgan fingerprint density at radius 3 is 2.80 bits per heavy atom. The maximum Gasteiger partial charge on any atom is 0.338 e. The Hall–Kier alpha value is -2.26. The number of nitrogens with zero attached hydrogens (tertiary/aromatic N) is 1. The van der Waals surface area contributed by atoms with E-state index in [4.69, 9.17) is 5.11 Å². The maximum atomic E-state index is 13.2. The Balaban J connectivity index is 2.25. The van der Waals surface area contributed by atoms with Gasteiger partial charge in [-0.05, 0) is 18.2 Å². The summed E-state index contributed by atoms with van der Waals surface area (Å²) in [5.74, 6) is -2.14. The van der Waals surface area contributed by atoms with E-state index in [1.54, 1.807) is 0 Å². The zero-order chi connectivity index (χ0) is 14.8. The lowest BCUT2D eigenvalue weighted by molar-refractivity contribution is 0.0691. The van der Waals surface area contributed by atoms with Gasteiger partial charge in [0.05, 0.1) is 17.0 Å². The molecule has 2 aromatic rings. The van der Waals surface area contributed by atoms with E-state index in [2.05, 4.69) is 14.7 Å². The zero-order valence-corrected chi connectivity index (χ0v) is 10.8. The smallest absolute Gasteiger partial charge is 0.338 e. The minimum atomic E-state index is -3.95. The van der Waals surface area contributed by atoms with Crippen molar-refractivity contribution in [3.05, 3.63) is 47.8 Å². The quantitative estimate of drug-likeness (QED) is 0.753. The van der Waals surface area contributed by atoms with Crippen molar-refractivity contribution in [2.24, 2.45) is 0 Å². The Morgan fingerprint density at radius 2 is 2.20 bits per heavy atom. The van der Waals surface area contributed by atoms with Gasteiger partial charge in [-0.25, -0.2) is 27.3 Å². The van der Waals surface area contributed by atoms with Crippen molar-refractivity contribution >= 4 is 16.0 Å². The highest BCUT2D eigenvalue weighted by Gasteiger charge is 2.19. The molecule has 1 aromatic carbocycles. The number of rotatable bonds is 5. The van der Waals surface area contributed by atoms with Gasteiger partial charge in [-0.3, -0.25) is 0 Å². The van der Waals surface area contributed by atoms with E-state index in [0.717, 1.165) is 18.2 Å². The highest BCUT2D eigenvalue weighted by atomic mass is 32.2. The first-order valence-electron chi connectivity index (χ1n) is 5.41. The first-order valence-corrected chi connectivity index (χ1v) is 6.89. The number of carboxylic acids is 1. The van der Waals surface area contributed by atoms with Gasteiger partial charge < -0.3 is 10.1 Å². The van der Waals surface area contributed by atoms with Gasteiger partial charge in [-0.1, -0.05) is 0 Å². The number of H-pyrrole nitrogens is 1. The minimum absolute atomic E-state index is 0.0882. The van der Waals surface area contributed by atoms with Crippen LogP contribution in [0.25, 0.3) is 0 Å². The van der Waals surface area contributed by atoms with Crippen molar-refractivity contribution < 1.29 is 22.7 Å². The molecule has 0 atom stereocenters. The largest absolute Gasteiger partial charge is 0.478 e. The molecule has 0 spiro atoms.